The molecule has 0 spiro atoms. The Morgan fingerprint density at radius 3 is 2.36 bits per heavy atom. The minimum Gasteiger partial charge on any atom is -0.481 e. The molecular formula is C18H26N2O5. The monoisotopic (exact) mass is 350 g/mol. The van der Waals surface area contributed by atoms with Crippen LogP contribution in [-0.2, 0) is 20.7 Å². The quantitative estimate of drug-likeness (QED) is 0.623. The molecule has 7 nitrogen and oxygen atoms in total. The first-order valence-electron chi connectivity index (χ1n) is 8.20. The summed E-state index contributed by atoms with van der Waals surface area (Å²) in [5, 5.41) is 13.9. The molecule has 3 N–H and O–H groups in total. The summed E-state index contributed by atoms with van der Waals surface area (Å²) in [4.78, 5) is 34.9. The zero-order valence-electron chi connectivity index (χ0n) is 14.9. The number of carbonyl (C=O) groups excluding carboxylic acids is 2. The van der Waals surface area contributed by atoms with Crippen molar-refractivity contribution in [1.29, 1.82) is 0 Å². The lowest BCUT2D eigenvalue weighted by molar-refractivity contribution is -0.137. The lowest BCUT2D eigenvalue weighted by atomic mass is 10.1. The fraction of sp³-hybridized carbons (Fsp3) is 0.500. The molecule has 0 bridgehead atoms. The molecule has 0 aliphatic rings. The lowest BCUT2D eigenvalue weighted by Crippen LogP contribution is -2.49. The number of amides is 2. The second-order valence-electron chi connectivity index (χ2n) is 6.68. The van der Waals surface area contributed by atoms with Gasteiger partial charge in [0.15, 0.2) is 0 Å². The number of hydrogen-bond acceptors (Lipinski definition) is 4. The molecule has 0 aliphatic carbocycles. The number of aliphatic carboxylic acids is 1. The fourth-order valence-electron chi connectivity index (χ4n) is 2.08. The molecule has 1 atom stereocenters. The minimum atomic E-state index is -0.915. The number of benzene rings is 1. The van der Waals surface area contributed by atoms with E-state index in [1.54, 1.807) is 20.8 Å². The van der Waals surface area contributed by atoms with Crippen LogP contribution in [0.4, 0.5) is 4.79 Å². The fourth-order valence-corrected chi connectivity index (χ4v) is 2.08. The Morgan fingerprint density at radius 1 is 1.16 bits per heavy atom. The second kappa shape index (κ2) is 9.66. The van der Waals surface area contributed by atoms with E-state index >= 15 is 0 Å². The summed E-state index contributed by atoms with van der Waals surface area (Å²) >= 11 is 0. The Labute approximate surface area is 147 Å². The summed E-state index contributed by atoms with van der Waals surface area (Å²) in [6.45, 7) is 5.45. The minimum absolute atomic E-state index is 0.0247. The third-order valence-electron chi connectivity index (χ3n) is 3.16. The number of rotatable bonds is 8. The van der Waals surface area contributed by atoms with Gasteiger partial charge in [-0.25, -0.2) is 4.79 Å². The van der Waals surface area contributed by atoms with Gasteiger partial charge >= 0.3 is 12.1 Å². The molecule has 138 valence electrons. The zero-order valence-corrected chi connectivity index (χ0v) is 14.9. The van der Waals surface area contributed by atoms with Crippen molar-refractivity contribution in [3.05, 3.63) is 35.9 Å². The summed E-state index contributed by atoms with van der Waals surface area (Å²) in [6, 6.07) is 8.49. The van der Waals surface area contributed by atoms with Crippen LogP contribution in [0.15, 0.2) is 30.3 Å². The first kappa shape index (κ1) is 20.5. The van der Waals surface area contributed by atoms with E-state index < -0.39 is 23.7 Å². The summed E-state index contributed by atoms with van der Waals surface area (Å²) in [5.41, 5.74) is 0.226. The normalized spacial score (nSPS) is 12.1. The highest BCUT2D eigenvalue weighted by atomic mass is 16.6. The van der Waals surface area contributed by atoms with Gasteiger partial charge in [0.25, 0.3) is 0 Å². The molecule has 25 heavy (non-hydrogen) atoms. The molecule has 0 saturated heterocycles. The smallest absolute Gasteiger partial charge is 0.408 e. The molecule has 1 rings (SSSR count). The molecule has 0 fully saturated rings. The van der Waals surface area contributed by atoms with E-state index in [1.165, 1.54) is 0 Å². The van der Waals surface area contributed by atoms with E-state index in [-0.39, 0.29) is 18.9 Å². The highest BCUT2D eigenvalue weighted by Crippen LogP contribution is 2.08. The van der Waals surface area contributed by atoms with E-state index in [9.17, 15) is 14.4 Å². The average molecular weight is 350 g/mol. The molecule has 1 aromatic carbocycles. The van der Waals surface area contributed by atoms with Gasteiger partial charge in [0.05, 0.1) is 0 Å². The third-order valence-corrected chi connectivity index (χ3v) is 3.16. The number of alkyl carbamates (subject to hydrolysis) is 1. The molecular weight excluding hydrogens is 324 g/mol. The Balaban J connectivity index is 2.68. The van der Waals surface area contributed by atoms with Crippen LogP contribution in [0.1, 0.15) is 39.2 Å². The highest BCUT2D eigenvalue weighted by molar-refractivity contribution is 5.86. The number of hydrogen-bond donors (Lipinski definition) is 3. The van der Waals surface area contributed by atoms with Gasteiger partial charge in [-0.1, -0.05) is 30.3 Å². The SMILES string of the molecule is CC(C)(C)OC(=O)N[C@H](Cc1ccccc1)C(=O)NCCCC(=O)O. The molecule has 0 aromatic heterocycles. The van der Waals surface area contributed by atoms with Crippen LogP contribution in [0.5, 0.6) is 0 Å². The average Bonchev–Trinajstić information content (AvgIpc) is 2.49. The number of carboxylic acids is 1. The van der Waals surface area contributed by atoms with E-state index in [1.807, 2.05) is 30.3 Å². The summed E-state index contributed by atoms with van der Waals surface area (Å²) in [5.74, 6) is -1.29. The topological polar surface area (TPSA) is 105 Å². The van der Waals surface area contributed by atoms with Crippen LogP contribution < -0.4 is 10.6 Å². The van der Waals surface area contributed by atoms with Gasteiger partial charge in [-0.3, -0.25) is 9.59 Å². The Kier molecular flexibility index (Phi) is 7.91. The Hall–Kier alpha value is -2.57. The number of carbonyl (C=O) groups is 3. The van der Waals surface area contributed by atoms with Crippen molar-refractivity contribution < 1.29 is 24.2 Å². The third kappa shape index (κ3) is 9.34. The molecule has 0 unspecified atom stereocenters. The van der Waals surface area contributed by atoms with Gasteiger partial charge < -0.3 is 20.5 Å². The van der Waals surface area contributed by atoms with Crippen LogP contribution in [-0.4, -0.2) is 41.3 Å². The van der Waals surface area contributed by atoms with Crippen molar-refractivity contribution in [3.8, 4) is 0 Å². The molecule has 1 aromatic rings. The maximum absolute atomic E-state index is 12.4. The van der Waals surface area contributed by atoms with Gasteiger partial charge in [-0.05, 0) is 32.8 Å². The van der Waals surface area contributed by atoms with Gasteiger partial charge in [-0.15, -0.1) is 0 Å². The maximum atomic E-state index is 12.4. The van der Waals surface area contributed by atoms with Crippen molar-refractivity contribution in [2.75, 3.05) is 6.54 Å². The zero-order chi connectivity index (χ0) is 18.9. The van der Waals surface area contributed by atoms with Gasteiger partial charge in [-0.2, -0.15) is 0 Å². The van der Waals surface area contributed by atoms with Crippen molar-refractivity contribution in [1.82, 2.24) is 10.6 Å². The van der Waals surface area contributed by atoms with E-state index in [0.29, 0.717) is 12.8 Å². The predicted octanol–water partition coefficient (Wildman–Crippen LogP) is 2.10. The van der Waals surface area contributed by atoms with E-state index in [2.05, 4.69) is 10.6 Å². The second-order valence-corrected chi connectivity index (χ2v) is 6.68. The van der Waals surface area contributed by atoms with Crippen molar-refractivity contribution in [2.45, 2.75) is 51.7 Å². The number of nitrogens with one attached hydrogen (secondary N) is 2. The molecule has 2 amide bonds. The first-order chi connectivity index (χ1) is 11.7. The first-order valence-corrected chi connectivity index (χ1v) is 8.20. The molecule has 7 heteroatoms. The van der Waals surface area contributed by atoms with Crippen molar-refractivity contribution in [2.24, 2.45) is 0 Å². The summed E-state index contributed by atoms with van der Waals surface area (Å²) in [7, 11) is 0. The number of ether oxygens (including phenoxy) is 1. The molecule has 0 radical (unpaired) electrons. The summed E-state index contributed by atoms with van der Waals surface area (Å²) < 4.78 is 5.21. The molecule has 0 aliphatic heterocycles. The number of carboxylic acid groups (broad SMARTS) is 1. The maximum Gasteiger partial charge on any atom is 0.408 e. The standard InChI is InChI=1S/C18H26N2O5/c1-18(2,3)25-17(24)20-14(12-13-8-5-4-6-9-13)16(23)19-11-7-10-15(21)22/h4-6,8-9,14H,7,10-12H2,1-3H3,(H,19,23)(H,20,24)(H,21,22)/t14-/m1/s1. The lowest BCUT2D eigenvalue weighted by Gasteiger charge is -2.23. The van der Waals surface area contributed by atoms with E-state index in [0.717, 1.165) is 5.56 Å². The van der Waals surface area contributed by atoms with Crippen molar-refractivity contribution in [3.63, 3.8) is 0 Å². The van der Waals surface area contributed by atoms with Crippen LogP contribution in [0, 0.1) is 0 Å². The summed E-state index contributed by atoms with van der Waals surface area (Å²) in [6.07, 6.45) is -0.0615. The van der Waals surface area contributed by atoms with Gasteiger partial charge in [0, 0.05) is 19.4 Å². The molecule has 0 heterocycles. The van der Waals surface area contributed by atoms with Crippen LogP contribution >= 0.6 is 0 Å². The Morgan fingerprint density at radius 2 is 1.80 bits per heavy atom. The van der Waals surface area contributed by atoms with Crippen LogP contribution in [0.2, 0.25) is 0 Å². The van der Waals surface area contributed by atoms with Crippen molar-refractivity contribution >= 4 is 18.0 Å². The van der Waals surface area contributed by atoms with Gasteiger partial charge in [0.2, 0.25) is 5.91 Å². The van der Waals surface area contributed by atoms with Crippen LogP contribution in [0.25, 0.3) is 0 Å². The van der Waals surface area contributed by atoms with Crippen LogP contribution in [0.3, 0.4) is 0 Å². The predicted molar refractivity (Wildman–Crippen MR) is 93.2 cm³/mol. The Bertz CT molecular complexity index is 581. The van der Waals surface area contributed by atoms with E-state index in [4.69, 9.17) is 9.84 Å². The largest absolute Gasteiger partial charge is 0.481 e. The van der Waals surface area contributed by atoms with Gasteiger partial charge in [0.1, 0.15) is 11.6 Å². The molecule has 0 saturated carbocycles. The highest BCUT2D eigenvalue weighted by Gasteiger charge is 2.24.